The number of anilines is 2. The number of carbonyl (C=O) groups excluding carboxylic acids is 1. The van der Waals surface area contributed by atoms with Gasteiger partial charge in [0.1, 0.15) is 0 Å². The van der Waals surface area contributed by atoms with E-state index in [4.69, 9.17) is 9.47 Å². The molecule has 1 atom stereocenters. The number of benzene rings is 1. The Hall–Kier alpha value is -1.59. The lowest BCUT2D eigenvalue weighted by molar-refractivity contribution is -0.123. The van der Waals surface area contributed by atoms with E-state index in [-0.39, 0.29) is 11.8 Å². The largest absolute Gasteiger partial charge is 0.381 e. The molecule has 114 valence electrons. The van der Waals surface area contributed by atoms with Crippen molar-refractivity contribution in [3.05, 3.63) is 24.3 Å². The van der Waals surface area contributed by atoms with E-state index in [0.717, 1.165) is 57.1 Å². The van der Waals surface area contributed by atoms with Gasteiger partial charge in [-0.05, 0) is 25.0 Å². The van der Waals surface area contributed by atoms with Crippen molar-refractivity contribution in [2.24, 2.45) is 5.92 Å². The summed E-state index contributed by atoms with van der Waals surface area (Å²) in [6.45, 7) is 4.50. The lowest BCUT2D eigenvalue weighted by Crippen LogP contribution is -2.37. The molecule has 2 saturated heterocycles. The van der Waals surface area contributed by atoms with Crippen molar-refractivity contribution >= 4 is 17.3 Å². The summed E-state index contributed by atoms with van der Waals surface area (Å²) in [5, 5.41) is 3.08. The Balaban J connectivity index is 1.70. The average Bonchev–Trinajstić information content (AvgIpc) is 2.57. The van der Waals surface area contributed by atoms with Crippen molar-refractivity contribution in [1.82, 2.24) is 0 Å². The molecular weight excluding hydrogens is 268 g/mol. The van der Waals surface area contributed by atoms with Gasteiger partial charge in [0.15, 0.2) is 0 Å². The number of nitrogens with zero attached hydrogens (tertiary/aromatic N) is 1. The third-order valence-electron chi connectivity index (χ3n) is 4.04. The van der Waals surface area contributed by atoms with Crippen molar-refractivity contribution in [2.45, 2.75) is 12.8 Å². The summed E-state index contributed by atoms with van der Waals surface area (Å²) in [5.41, 5.74) is 1.96. The van der Waals surface area contributed by atoms with Gasteiger partial charge in [0.25, 0.3) is 0 Å². The molecule has 3 rings (SSSR count). The second kappa shape index (κ2) is 6.91. The maximum Gasteiger partial charge on any atom is 0.229 e. The van der Waals surface area contributed by atoms with Gasteiger partial charge in [0.2, 0.25) is 5.91 Å². The van der Waals surface area contributed by atoms with Gasteiger partial charge in [0.05, 0.1) is 37.1 Å². The van der Waals surface area contributed by atoms with Crippen molar-refractivity contribution in [3.8, 4) is 0 Å². The number of para-hydroxylation sites is 2. The molecule has 1 aromatic carbocycles. The van der Waals surface area contributed by atoms with Gasteiger partial charge in [0, 0.05) is 19.7 Å². The molecule has 21 heavy (non-hydrogen) atoms. The van der Waals surface area contributed by atoms with Crippen LogP contribution in [0.15, 0.2) is 24.3 Å². The molecular formula is C16H22N2O3. The molecule has 0 aliphatic carbocycles. The first kappa shape index (κ1) is 14.4. The zero-order valence-corrected chi connectivity index (χ0v) is 12.2. The Morgan fingerprint density at radius 3 is 2.71 bits per heavy atom. The summed E-state index contributed by atoms with van der Waals surface area (Å²) in [6.07, 6.45) is 1.87. The van der Waals surface area contributed by atoms with Crippen LogP contribution in [0.4, 0.5) is 11.4 Å². The first-order chi connectivity index (χ1) is 10.3. The summed E-state index contributed by atoms with van der Waals surface area (Å²) in [7, 11) is 0. The summed E-state index contributed by atoms with van der Waals surface area (Å²) in [4.78, 5) is 14.6. The second-order valence-electron chi connectivity index (χ2n) is 5.52. The monoisotopic (exact) mass is 290 g/mol. The van der Waals surface area contributed by atoms with Crippen molar-refractivity contribution in [3.63, 3.8) is 0 Å². The molecule has 2 aliphatic heterocycles. The SMILES string of the molecule is O=C(Nc1ccccc1N1CCOCC1)C1CCCOC1. The number of carbonyl (C=O) groups is 1. The Labute approximate surface area is 125 Å². The number of nitrogens with one attached hydrogen (secondary N) is 1. The third kappa shape index (κ3) is 3.54. The number of rotatable bonds is 3. The molecule has 1 N–H and O–H groups in total. The van der Waals surface area contributed by atoms with E-state index in [1.54, 1.807) is 0 Å². The summed E-state index contributed by atoms with van der Waals surface area (Å²) >= 11 is 0. The van der Waals surface area contributed by atoms with Crippen LogP contribution in [0.3, 0.4) is 0 Å². The average molecular weight is 290 g/mol. The van der Waals surface area contributed by atoms with Gasteiger partial charge in [-0.15, -0.1) is 0 Å². The molecule has 0 spiro atoms. The highest BCUT2D eigenvalue weighted by atomic mass is 16.5. The normalized spacial score (nSPS) is 22.9. The lowest BCUT2D eigenvalue weighted by Gasteiger charge is -2.31. The molecule has 1 aromatic rings. The number of hydrogen-bond donors (Lipinski definition) is 1. The van der Waals surface area contributed by atoms with E-state index in [1.807, 2.05) is 18.2 Å². The lowest BCUT2D eigenvalue weighted by atomic mass is 10.0. The van der Waals surface area contributed by atoms with Crippen LogP contribution < -0.4 is 10.2 Å². The molecule has 0 aromatic heterocycles. The minimum absolute atomic E-state index is 0.0310. The minimum Gasteiger partial charge on any atom is -0.381 e. The quantitative estimate of drug-likeness (QED) is 0.923. The number of amides is 1. The van der Waals surface area contributed by atoms with E-state index in [2.05, 4.69) is 16.3 Å². The van der Waals surface area contributed by atoms with Gasteiger partial charge in [-0.1, -0.05) is 12.1 Å². The van der Waals surface area contributed by atoms with Crippen molar-refractivity contribution < 1.29 is 14.3 Å². The molecule has 5 nitrogen and oxygen atoms in total. The first-order valence-electron chi connectivity index (χ1n) is 7.65. The Morgan fingerprint density at radius 2 is 1.95 bits per heavy atom. The topological polar surface area (TPSA) is 50.8 Å². The predicted molar refractivity (Wildman–Crippen MR) is 81.6 cm³/mol. The highest BCUT2D eigenvalue weighted by Gasteiger charge is 2.23. The van der Waals surface area contributed by atoms with Crippen LogP contribution in [0.1, 0.15) is 12.8 Å². The van der Waals surface area contributed by atoms with Crippen LogP contribution in [0, 0.1) is 5.92 Å². The van der Waals surface area contributed by atoms with Gasteiger partial charge in [-0.3, -0.25) is 4.79 Å². The molecule has 0 bridgehead atoms. The first-order valence-corrected chi connectivity index (χ1v) is 7.65. The van der Waals surface area contributed by atoms with Crippen LogP contribution in [-0.2, 0) is 14.3 Å². The molecule has 1 unspecified atom stereocenters. The fourth-order valence-corrected chi connectivity index (χ4v) is 2.84. The van der Waals surface area contributed by atoms with Gasteiger partial charge >= 0.3 is 0 Å². The van der Waals surface area contributed by atoms with Crippen molar-refractivity contribution in [2.75, 3.05) is 49.7 Å². The maximum atomic E-state index is 12.4. The van der Waals surface area contributed by atoms with Gasteiger partial charge in [-0.2, -0.15) is 0 Å². The van der Waals surface area contributed by atoms with E-state index in [1.165, 1.54) is 0 Å². The third-order valence-corrected chi connectivity index (χ3v) is 4.04. The summed E-state index contributed by atoms with van der Waals surface area (Å²) in [6, 6.07) is 7.98. The summed E-state index contributed by atoms with van der Waals surface area (Å²) in [5.74, 6) is 0.0342. The molecule has 2 heterocycles. The summed E-state index contributed by atoms with van der Waals surface area (Å²) < 4.78 is 10.8. The zero-order valence-electron chi connectivity index (χ0n) is 12.2. The minimum atomic E-state index is -0.0310. The smallest absolute Gasteiger partial charge is 0.229 e. The Morgan fingerprint density at radius 1 is 1.14 bits per heavy atom. The van der Waals surface area contributed by atoms with E-state index >= 15 is 0 Å². The van der Waals surface area contributed by atoms with E-state index in [0.29, 0.717) is 6.61 Å². The van der Waals surface area contributed by atoms with Gasteiger partial charge < -0.3 is 19.7 Å². The van der Waals surface area contributed by atoms with Crippen LogP contribution in [0.2, 0.25) is 0 Å². The van der Waals surface area contributed by atoms with Crippen LogP contribution in [-0.4, -0.2) is 45.4 Å². The second-order valence-corrected chi connectivity index (χ2v) is 5.52. The molecule has 1 amide bonds. The highest BCUT2D eigenvalue weighted by molar-refractivity contribution is 5.96. The Bertz CT molecular complexity index is 480. The molecule has 5 heteroatoms. The highest BCUT2D eigenvalue weighted by Crippen LogP contribution is 2.27. The predicted octanol–water partition coefficient (Wildman–Crippen LogP) is 1.89. The zero-order chi connectivity index (χ0) is 14.5. The molecule has 2 fully saturated rings. The van der Waals surface area contributed by atoms with E-state index < -0.39 is 0 Å². The van der Waals surface area contributed by atoms with Crippen LogP contribution >= 0.6 is 0 Å². The van der Waals surface area contributed by atoms with E-state index in [9.17, 15) is 4.79 Å². The number of hydrogen-bond acceptors (Lipinski definition) is 4. The Kier molecular flexibility index (Phi) is 4.72. The molecule has 0 radical (unpaired) electrons. The van der Waals surface area contributed by atoms with Crippen LogP contribution in [0.5, 0.6) is 0 Å². The fourth-order valence-electron chi connectivity index (χ4n) is 2.84. The molecule has 0 saturated carbocycles. The number of morpholine rings is 1. The van der Waals surface area contributed by atoms with Crippen LogP contribution in [0.25, 0.3) is 0 Å². The van der Waals surface area contributed by atoms with Crippen molar-refractivity contribution in [1.29, 1.82) is 0 Å². The maximum absolute atomic E-state index is 12.4. The standard InChI is InChI=1S/C16H22N2O3/c19-16(13-4-3-9-21-12-13)17-14-5-1-2-6-15(14)18-7-10-20-11-8-18/h1-2,5-6,13H,3-4,7-12H2,(H,17,19). The molecule has 2 aliphatic rings. The van der Waals surface area contributed by atoms with Gasteiger partial charge in [-0.25, -0.2) is 0 Å². The fraction of sp³-hybridized carbons (Fsp3) is 0.562. The number of ether oxygens (including phenoxy) is 2.